The average Bonchev–Trinajstić information content (AvgIpc) is 2.78. The third kappa shape index (κ3) is 2.64. The summed E-state index contributed by atoms with van der Waals surface area (Å²) < 4.78 is 0. The number of nitrogens with zero attached hydrogens (tertiary/aromatic N) is 2. The molecule has 0 fully saturated rings. The highest BCUT2D eigenvalue weighted by atomic mass is 32.1. The molecule has 2 N–H and O–H groups in total. The van der Waals surface area contributed by atoms with Gasteiger partial charge in [-0.1, -0.05) is 0 Å². The molecular formula is C10H14N4S. The minimum absolute atomic E-state index is 0.786. The fourth-order valence-electron chi connectivity index (χ4n) is 1.44. The van der Waals surface area contributed by atoms with Gasteiger partial charge in [-0.15, -0.1) is 11.3 Å². The number of aromatic amines is 1. The number of nitrogens with one attached hydrogen (secondary N) is 2. The van der Waals surface area contributed by atoms with E-state index in [1.54, 1.807) is 11.3 Å². The summed E-state index contributed by atoms with van der Waals surface area (Å²) in [6.07, 6.45) is 2.65. The van der Waals surface area contributed by atoms with Crippen molar-refractivity contribution in [3.8, 4) is 0 Å². The molecule has 2 rings (SSSR count). The first-order valence-electron chi connectivity index (χ1n) is 4.86. The summed E-state index contributed by atoms with van der Waals surface area (Å²) in [6, 6.07) is 0. The van der Waals surface area contributed by atoms with Gasteiger partial charge in [0.1, 0.15) is 5.82 Å². The Balaban J connectivity index is 2.04. The van der Waals surface area contributed by atoms with Crippen molar-refractivity contribution in [2.75, 3.05) is 7.05 Å². The second kappa shape index (κ2) is 4.55. The molecule has 0 saturated carbocycles. The maximum Gasteiger partial charge on any atom is 0.112 e. The van der Waals surface area contributed by atoms with Crippen LogP contribution in [0.5, 0.6) is 0 Å². The van der Waals surface area contributed by atoms with Crippen molar-refractivity contribution >= 4 is 11.3 Å². The molecule has 0 aliphatic carbocycles. The quantitative estimate of drug-likeness (QED) is 0.824. The molecule has 5 heteroatoms. The van der Waals surface area contributed by atoms with Crippen LogP contribution in [-0.4, -0.2) is 22.0 Å². The maximum atomic E-state index is 4.40. The summed E-state index contributed by atoms with van der Waals surface area (Å²) in [5.74, 6) is 0.977. The highest BCUT2D eigenvalue weighted by Crippen LogP contribution is 2.11. The van der Waals surface area contributed by atoms with Crippen LogP contribution in [0, 0.1) is 6.92 Å². The van der Waals surface area contributed by atoms with Crippen LogP contribution in [0.1, 0.15) is 22.2 Å². The van der Waals surface area contributed by atoms with Crippen molar-refractivity contribution in [3.05, 3.63) is 33.8 Å². The van der Waals surface area contributed by atoms with E-state index in [2.05, 4.69) is 25.6 Å². The number of imidazole rings is 1. The molecule has 0 unspecified atom stereocenters. The highest BCUT2D eigenvalue weighted by molar-refractivity contribution is 7.09. The zero-order valence-corrected chi connectivity index (χ0v) is 9.69. The van der Waals surface area contributed by atoms with E-state index in [0.717, 1.165) is 35.2 Å². The predicted octanol–water partition coefficient (Wildman–Crippen LogP) is 1.48. The normalized spacial score (nSPS) is 10.8. The molecule has 0 saturated heterocycles. The van der Waals surface area contributed by atoms with Gasteiger partial charge >= 0.3 is 0 Å². The summed E-state index contributed by atoms with van der Waals surface area (Å²) in [4.78, 5) is 12.0. The van der Waals surface area contributed by atoms with E-state index in [1.165, 1.54) is 0 Å². The van der Waals surface area contributed by atoms with E-state index in [-0.39, 0.29) is 0 Å². The van der Waals surface area contributed by atoms with Gasteiger partial charge in [0.15, 0.2) is 0 Å². The monoisotopic (exact) mass is 222 g/mol. The standard InChI is InChI=1S/C10H14N4S/c1-7-13-8(6-15-7)3-10-12-5-9(14-10)4-11-2/h5-6,11H,3-4H2,1-2H3,(H,12,14). The summed E-state index contributed by atoms with van der Waals surface area (Å²) in [5, 5.41) is 6.26. The molecule has 0 amide bonds. The van der Waals surface area contributed by atoms with Crippen molar-refractivity contribution in [1.82, 2.24) is 20.3 Å². The molecule has 15 heavy (non-hydrogen) atoms. The van der Waals surface area contributed by atoms with Crippen molar-refractivity contribution in [1.29, 1.82) is 0 Å². The Morgan fingerprint density at radius 2 is 2.40 bits per heavy atom. The Morgan fingerprint density at radius 1 is 1.53 bits per heavy atom. The Labute approximate surface area is 92.8 Å². The lowest BCUT2D eigenvalue weighted by molar-refractivity contribution is 0.792. The third-order valence-corrected chi connectivity index (χ3v) is 2.89. The topological polar surface area (TPSA) is 53.6 Å². The van der Waals surface area contributed by atoms with E-state index in [0.29, 0.717) is 0 Å². The molecule has 0 bridgehead atoms. The SMILES string of the molecule is CNCc1cnc(Cc2csc(C)n2)[nH]1. The van der Waals surface area contributed by atoms with Crippen LogP contribution in [0.3, 0.4) is 0 Å². The predicted molar refractivity (Wildman–Crippen MR) is 61.0 cm³/mol. The second-order valence-electron chi connectivity index (χ2n) is 3.42. The summed E-state index contributed by atoms with van der Waals surface area (Å²) in [5.41, 5.74) is 2.20. The molecule has 0 aliphatic rings. The van der Waals surface area contributed by atoms with Crippen LogP contribution in [0.15, 0.2) is 11.6 Å². The number of H-pyrrole nitrogens is 1. The maximum absolute atomic E-state index is 4.40. The van der Waals surface area contributed by atoms with Crippen LogP contribution >= 0.6 is 11.3 Å². The Hall–Kier alpha value is -1.20. The molecule has 2 heterocycles. The second-order valence-corrected chi connectivity index (χ2v) is 4.48. The van der Waals surface area contributed by atoms with Gasteiger partial charge in [0.2, 0.25) is 0 Å². The van der Waals surface area contributed by atoms with Crippen molar-refractivity contribution in [2.24, 2.45) is 0 Å². The Kier molecular flexibility index (Phi) is 3.13. The van der Waals surface area contributed by atoms with E-state index in [1.807, 2.05) is 20.2 Å². The lowest BCUT2D eigenvalue weighted by Gasteiger charge is -1.94. The number of hydrogen-bond donors (Lipinski definition) is 2. The molecular weight excluding hydrogens is 208 g/mol. The lowest BCUT2D eigenvalue weighted by Crippen LogP contribution is -2.05. The van der Waals surface area contributed by atoms with E-state index in [4.69, 9.17) is 0 Å². The third-order valence-electron chi connectivity index (χ3n) is 2.06. The molecule has 0 atom stereocenters. The molecule has 4 nitrogen and oxygen atoms in total. The molecule has 0 aromatic carbocycles. The number of thiazole rings is 1. The number of aromatic nitrogens is 3. The van der Waals surface area contributed by atoms with Gasteiger partial charge in [-0.25, -0.2) is 9.97 Å². The van der Waals surface area contributed by atoms with E-state index >= 15 is 0 Å². The molecule has 80 valence electrons. The molecule has 2 aromatic heterocycles. The number of aryl methyl sites for hydroxylation is 1. The van der Waals surface area contributed by atoms with Crippen LogP contribution < -0.4 is 5.32 Å². The van der Waals surface area contributed by atoms with Crippen LogP contribution in [0.4, 0.5) is 0 Å². The minimum atomic E-state index is 0.786. The molecule has 0 aliphatic heterocycles. The van der Waals surface area contributed by atoms with Crippen LogP contribution in [0.2, 0.25) is 0 Å². The zero-order valence-electron chi connectivity index (χ0n) is 8.87. The summed E-state index contributed by atoms with van der Waals surface area (Å²) in [6.45, 7) is 2.84. The highest BCUT2D eigenvalue weighted by Gasteiger charge is 2.03. The van der Waals surface area contributed by atoms with Gasteiger partial charge in [-0.3, -0.25) is 0 Å². The van der Waals surface area contributed by atoms with Gasteiger partial charge in [-0.2, -0.15) is 0 Å². The van der Waals surface area contributed by atoms with Crippen LogP contribution in [-0.2, 0) is 13.0 Å². The van der Waals surface area contributed by atoms with Gasteiger partial charge in [0, 0.05) is 30.2 Å². The number of hydrogen-bond acceptors (Lipinski definition) is 4. The fourth-order valence-corrected chi connectivity index (χ4v) is 2.05. The van der Waals surface area contributed by atoms with Crippen molar-refractivity contribution < 1.29 is 0 Å². The molecule has 2 aromatic rings. The Bertz CT molecular complexity index is 432. The first kappa shape index (κ1) is 10.3. The average molecular weight is 222 g/mol. The fraction of sp³-hybridized carbons (Fsp3) is 0.400. The van der Waals surface area contributed by atoms with E-state index in [9.17, 15) is 0 Å². The zero-order chi connectivity index (χ0) is 10.7. The molecule has 0 spiro atoms. The van der Waals surface area contributed by atoms with Crippen molar-refractivity contribution in [2.45, 2.75) is 19.9 Å². The van der Waals surface area contributed by atoms with Gasteiger partial charge in [-0.05, 0) is 14.0 Å². The van der Waals surface area contributed by atoms with Gasteiger partial charge in [0.25, 0.3) is 0 Å². The number of rotatable bonds is 4. The lowest BCUT2D eigenvalue weighted by atomic mass is 10.3. The minimum Gasteiger partial charge on any atom is -0.344 e. The van der Waals surface area contributed by atoms with Gasteiger partial charge < -0.3 is 10.3 Å². The van der Waals surface area contributed by atoms with Crippen molar-refractivity contribution in [3.63, 3.8) is 0 Å². The first-order chi connectivity index (χ1) is 7.28. The van der Waals surface area contributed by atoms with Crippen LogP contribution in [0.25, 0.3) is 0 Å². The largest absolute Gasteiger partial charge is 0.344 e. The van der Waals surface area contributed by atoms with Gasteiger partial charge in [0.05, 0.1) is 10.7 Å². The first-order valence-corrected chi connectivity index (χ1v) is 5.74. The van der Waals surface area contributed by atoms with E-state index < -0.39 is 0 Å². The smallest absolute Gasteiger partial charge is 0.112 e. The summed E-state index contributed by atoms with van der Waals surface area (Å²) >= 11 is 1.68. The summed E-state index contributed by atoms with van der Waals surface area (Å²) in [7, 11) is 1.92. The molecule has 0 radical (unpaired) electrons. The Morgan fingerprint density at radius 3 is 3.07 bits per heavy atom.